The van der Waals surface area contributed by atoms with E-state index >= 15 is 0 Å². The lowest BCUT2D eigenvalue weighted by Crippen LogP contribution is -2.43. The van der Waals surface area contributed by atoms with Gasteiger partial charge in [0.25, 0.3) is 0 Å². The van der Waals surface area contributed by atoms with Crippen molar-refractivity contribution in [3.8, 4) is 0 Å². The maximum absolute atomic E-state index is 12.6. The molecule has 0 aromatic rings. The van der Waals surface area contributed by atoms with E-state index in [0.717, 1.165) is 18.6 Å². The third-order valence-electron chi connectivity index (χ3n) is 6.20. The number of carbonyl (C=O) groups excluding carboxylic acids is 1. The van der Waals surface area contributed by atoms with Crippen LogP contribution in [0.5, 0.6) is 0 Å². The van der Waals surface area contributed by atoms with Crippen molar-refractivity contribution in [1.82, 2.24) is 0 Å². The van der Waals surface area contributed by atoms with Crippen LogP contribution < -0.4 is 0 Å². The molecule has 0 spiro atoms. The fraction of sp³-hybridized carbons (Fsp3) is 0.850. The third kappa shape index (κ3) is 6.21. The van der Waals surface area contributed by atoms with Gasteiger partial charge in [-0.15, -0.1) is 0 Å². The highest BCUT2D eigenvalue weighted by atomic mass is 28.4. The molecule has 0 aromatic heterocycles. The van der Waals surface area contributed by atoms with E-state index in [1.165, 1.54) is 0 Å². The lowest BCUT2D eigenvalue weighted by atomic mass is 10.0. The van der Waals surface area contributed by atoms with Crippen LogP contribution in [0.3, 0.4) is 0 Å². The number of ketones is 1. The summed E-state index contributed by atoms with van der Waals surface area (Å²) in [5.74, 6) is 1.57. The minimum atomic E-state index is -1.86. The first-order chi connectivity index (χ1) is 10.9. The fourth-order valence-electron chi connectivity index (χ4n) is 3.40. The van der Waals surface area contributed by atoms with Crippen molar-refractivity contribution in [2.45, 2.75) is 109 Å². The molecule has 1 rings (SSSR count). The summed E-state index contributed by atoms with van der Waals surface area (Å²) >= 11 is 0. The Morgan fingerprint density at radius 1 is 0.920 bits per heavy atom. The Bertz CT molecular complexity index is 517. The predicted molar refractivity (Wildman–Crippen MR) is 119 cm³/mol. The average molecular weight is 399 g/mol. The van der Waals surface area contributed by atoms with Crippen molar-refractivity contribution in [3.63, 3.8) is 0 Å². The Labute approximate surface area is 160 Å². The average Bonchev–Trinajstić information content (AvgIpc) is 2.33. The quantitative estimate of drug-likeness (QED) is 0.474. The minimum Gasteiger partial charge on any atom is -0.547 e. The van der Waals surface area contributed by atoms with Gasteiger partial charge in [0, 0.05) is 27.3 Å². The first-order valence-corrected chi connectivity index (χ1v) is 19.9. The van der Waals surface area contributed by atoms with Crippen LogP contribution >= 0.6 is 0 Å². The molecule has 1 aliphatic carbocycles. The fourth-order valence-corrected chi connectivity index (χ4v) is 11.6. The van der Waals surface area contributed by atoms with Gasteiger partial charge in [-0.05, 0) is 35.3 Å². The molecule has 0 saturated heterocycles. The molecule has 5 heteroatoms. The van der Waals surface area contributed by atoms with Gasteiger partial charge in [-0.25, -0.2) is 0 Å². The number of rotatable bonds is 4. The van der Waals surface area contributed by atoms with Crippen LogP contribution in [-0.4, -0.2) is 30.2 Å². The topological polar surface area (TPSA) is 26.3 Å². The normalized spacial score (nSPS) is 26.5. The zero-order valence-electron chi connectivity index (χ0n) is 18.7. The molecule has 0 fully saturated rings. The molecule has 0 amide bonds. The van der Waals surface area contributed by atoms with E-state index in [0.29, 0.717) is 23.3 Å². The van der Waals surface area contributed by atoms with Crippen molar-refractivity contribution in [1.29, 1.82) is 0 Å². The highest BCUT2D eigenvalue weighted by Gasteiger charge is 2.43. The SMILES string of the molecule is CC(C)(C)[Si](C)(C)O/C1=C/[C@H]([Si](C)(C)C)[C@H]([Si](C)(C)C)CC(=O)CC1. The summed E-state index contributed by atoms with van der Waals surface area (Å²) in [4.78, 5) is 12.6. The van der Waals surface area contributed by atoms with E-state index < -0.39 is 24.5 Å². The molecule has 0 unspecified atom stereocenters. The molecule has 0 radical (unpaired) electrons. The number of carbonyl (C=O) groups is 1. The molecule has 0 bridgehead atoms. The third-order valence-corrected chi connectivity index (χ3v) is 16.3. The molecule has 1 aliphatic rings. The standard InChI is InChI=1S/C20H42O2Si3/c1-20(2,3)25(10,11)22-17-13-12-16(21)14-18(23(4,5)6)19(15-17)24(7,8)9/h15,18-19H,12-14H2,1-11H3/b17-15+/t18-,19+/m1/s1. The van der Waals surface area contributed by atoms with E-state index in [1.807, 2.05) is 0 Å². The first-order valence-electron chi connectivity index (χ1n) is 9.86. The van der Waals surface area contributed by atoms with Crippen molar-refractivity contribution >= 4 is 30.2 Å². The summed E-state index contributed by atoms with van der Waals surface area (Å²) in [7, 11) is -4.72. The van der Waals surface area contributed by atoms with E-state index in [2.05, 4.69) is 79.2 Å². The molecular weight excluding hydrogens is 356 g/mol. The van der Waals surface area contributed by atoms with Crippen LogP contribution in [0.4, 0.5) is 0 Å². The molecule has 0 saturated carbocycles. The summed E-state index contributed by atoms with van der Waals surface area (Å²) < 4.78 is 6.70. The summed E-state index contributed by atoms with van der Waals surface area (Å²) in [6, 6.07) is 0. The molecule has 0 aromatic carbocycles. The predicted octanol–water partition coefficient (Wildman–Crippen LogP) is 7.06. The molecule has 2 nitrogen and oxygen atoms in total. The second-order valence-electron chi connectivity index (χ2n) is 11.6. The maximum Gasteiger partial charge on any atom is 0.250 e. The first kappa shape index (κ1) is 22.9. The van der Waals surface area contributed by atoms with Crippen LogP contribution in [0.15, 0.2) is 11.8 Å². The molecule has 0 aliphatic heterocycles. The Morgan fingerprint density at radius 2 is 1.44 bits per heavy atom. The second-order valence-corrected chi connectivity index (χ2v) is 27.2. The van der Waals surface area contributed by atoms with Gasteiger partial charge in [0.15, 0.2) is 0 Å². The highest BCUT2D eigenvalue weighted by Crippen LogP contribution is 2.47. The van der Waals surface area contributed by atoms with Gasteiger partial charge in [-0.1, -0.05) is 60.1 Å². The summed E-state index contributed by atoms with van der Waals surface area (Å²) in [6.45, 7) is 26.2. The van der Waals surface area contributed by atoms with Gasteiger partial charge in [0.1, 0.15) is 5.78 Å². The summed E-state index contributed by atoms with van der Waals surface area (Å²) in [5.41, 5.74) is 1.09. The van der Waals surface area contributed by atoms with Crippen LogP contribution in [-0.2, 0) is 9.22 Å². The largest absolute Gasteiger partial charge is 0.547 e. The van der Waals surface area contributed by atoms with E-state index in [9.17, 15) is 4.79 Å². The number of Topliss-reactive ketones (excluding diaryl/α,β-unsaturated/α-hetero) is 1. The molecular formula is C20H42O2Si3. The molecule has 2 atom stereocenters. The smallest absolute Gasteiger partial charge is 0.250 e. The van der Waals surface area contributed by atoms with Crippen molar-refractivity contribution in [2.75, 3.05) is 0 Å². The summed E-state index contributed by atoms with van der Waals surface area (Å²) in [5, 5.41) is 0.188. The van der Waals surface area contributed by atoms with Crippen LogP contribution in [0, 0.1) is 0 Å². The van der Waals surface area contributed by atoms with E-state index in [1.54, 1.807) is 0 Å². The van der Waals surface area contributed by atoms with Crippen molar-refractivity contribution in [2.24, 2.45) is 0 Å². The number of hydrogen-bond donors (Lipinski definition) is 0. The van der Waals surface area contributed by atoms with E-state index in [4.69, 9.17) is 4.43 Å². The van der Waals surface area contributed by atoms with E-state index in [-0.39, 0.29) is 5.04 Å². The van der Waals surface area contributed by atoms with Crippen LogP contribution in [0.2, 0.25) is 68.5 Å². The van der Waals surface area contributed by atoms with Gasteiger partial charge in [0.05, 0.1) is 13.8 Å². The summed E-state index contributed by atoms with van der Waals surface area (Å²) in [6.07, 6.45) is 4.72. The van der Waals surface area contributed by atoms with Crippen LogP contribution in [0.25, 0.3) is 0 Å². The van der Waals surface area contributed by atoms with Gasteiger partial charge in [0.2, 0.25) is 8.32 Å². The number of allylic oxidation sites excluding steroid dienone is 2. The zero-order chi connectivity index (χ0) is 19.8. The monoisotopic (exact) mass is 398 g/mol. The Hall–Kier alpha value is -0.139. The molecule has 146 valence electrons. The minimum absolute atomic E-state index is 0.188. The lowest BCUT2D eigenvalue weighted by molar-refractivity contribution is -0.119. The second kappa shape index (κ2) is 7.47. The van der Waals surface area contributed by atoms with Crippen molar-refractivity contribution < 1.29 is 9.22 Å². The maximum atomic E-state index is 12.6. The Morgan fingerprint density at radius 3 is 1.84 bits per heavy atom. The lowest BCUT2D eigenvalue weighted by Gasteiger charge is -2.43. The Balaban J connectivity index is 3.35. The van der Waals surface area contributed by atoms with Gasteiger partial charge in [-0.2, -0.15) is 0 Å². The molecule has 0 N–H and O–H groups in total. The highest BCUT2D eigenvalue weighted by molar-refractivity contribution is 6.84. The zero-order valence-corrected chi connectivity index (χ0v) is 21.7. The van der Waals surface area contributed by atoms with Gasteiger partial charge < -0.3 is 4.43 Å². The molecule has 25 heavy (non-hydrogen) atoms. The Kier molecular flexibility index (Phi) is 6.84. The van der Waals surface area contributed by atoms with Gasteiger partial charge >= 0.3 is 0 Å². The number of hydrogen-bond acceptors (Lipinski definition) is 2. The van der Waals surface area contributed by atoms with Crippen LogP contribution in [0.1, 0.15) is 40.0 Å². The molecule has 0 heterocycles. The van der Waals surface area contributed by atoms with Crippen molar-refractivity contribution in [3.05, 3.63) is 11.8 Å². The van der Waals surface area contributed by atoms with Gasteiger partial charge in [-0.3, -0.25) is 4.79 Å².